The lowest BCUT2D eigenvalue weighted by atomic mass is 9.97. The summed E-state index contributed by atoms with van der Waals surface area (Å²) in [5.74, 6) is -0.934. The lowest BCUT2D eigenvalue weighted by Gasteiger charge is -2.31. The fourth-order valence-electron chi connectivity index (χ4n) is 5.87. The van der Waals surface area contributed by atoms with E-state index in [0.29, 0.717) is 29.2 Å². The molecule has 2 aliphatic heterocycles. The molecule has 4 aromatic rings. The van der Waals surface area contributed by atoms with Crippen LogP contribution in [0, 0.1) is 0 Å². The van der Waals surface area contributed by atoms with Gasteiger partial charge in [0.25, 0.3) is 5.91 Å². The molecule has 3 atom stereocenters. The molecule has 46 heavy (non-hydrogen) atoms. The zero-order valence-electron chi connectivity index (χ0n) is 25.0. The van der Waals surface area contributed by atoms with Crippen molar-refractivity contribution < 1.29 is 37.1 Å². The van der Waals surface area contributed by atoms with E-state index in [9.17, 15) is 23.1 Å². The van der Waals surface area contributed by atoms with Crippen molar-refractivity contribution in [3.8, 4) is 21.8 Å². The molecule has 0 spiro atoms. The highest BCUT2D eigenvalue weighted by molar-refractivity contribution is 7.92. The molecule has 0 aliphatic carbocycles. The van der Waals surface area contributed by atoms with Gasteiger partial charge in [-0.25, -0.2) is 23.7 Å². The standard InChI is InChI=1S/C33H35N3O8S2/c37-29(35-44-30-8-4-5-18-42-30)20-33(28-14-13-27(45-28)24-11-9-23(10-12-24)26-21-34-22-43-26)15-16-36(17-19-46(33,40)41)32(39)31(38)25-6-2-1-3-7-25/h1-3,6-7,9-14,21-22,30-31,38H,4-5,8,15-20H2,(H,35,37)/t30?,31-,33?/m0/s1. The number of rotatable bonds is 9. The van der Waals surface area contributed by atoms with Gasteiger partial charge in [0.2, 0.25) is 5.91 Å². The van der Waals surface area contributed by atoms with Crippen LogP contribution in [0.3, 0.4) is 0 Å². The van der Waals surface area contributed by atoms with Gasteiger partial charge in [-0.1, -0.05) is 54.6 Å². The highest BCUT2D eigenvalue weighted by Gasteiger charge is 2.50. The van der Waals surface area contributed by atoms with Gasteiger partial charge in [-0.05, 0) is 42.5 Å². The minimum Gasteiger partial charge on any atom is -0.444 e. The number of amides is 2. The predicted octanol–water partition coefficient (Wildman–Crippen LogP) is 4.61. The van der Waals surface area contributed by atoms with E-state index < -0.39 is 45.2 Å². The molecule has 2 aliphatic rings. The molecular formula is C33H35N3O8S2. The Morgan fingerprint density at radius 2 is 1.85 bits per heavy atom. The number of carbonyl (C=O) groups is 2. The van der Waals surface area contributed by atoms with E-state index in [4.69, 9.17) is 14.0 Å². The van der Waals surface area contributed by atoms with Gasteiger partial charge in [0.1, 0.15) is 4.75 Å². The monoisotopic (exact) mass is 665 g/mol. The maximum atomic E-state index is 14.2. The summed E-state index contributed by atoms with van der Waals surface area (Å²) in [6.45, 7) is 0.442. The molecule has 0 bridgehead atoms. The van der Waals surface area contributed by atoms with Crippen LogP contribution in [-0.2, 0) is 33.7 Å². The molecule has 13 heteroatoms. The summed E-state index contributed by atoms with van der Waals surface area (Å²) in [7, 11) is -4.01. The number of nitrogens with zero attached hydrogens (tertiary/aromatic N) is 2. The number of hydrogen-bond acceptors (Lipinski definition) is 10. The Morgan fingerprint density at radius 1 is 1.07 bits per heavy atom. The molecule has 2 fully saturated rings. The van der Waals surface area contributed by atoms with Crippen LogP contribution in [0.2, 0.25) is 0 Å². The second-order valence-corrected chi connectivity index (χ2v) is 14.9. The van der Waals surface area contributed by atoms with Crippen LogP contribution in [0.5, 0.6) is 0 Å². The number of carbonyl (C=O) groups excluding carboxylic acids is 2. The number of benzene rings is 2. The summed E-state index contributed by atoms with van der Waals surface area (Å²) < 4.78 is 37.8. The van der Waals surface area contributed by atoms with Crippen molar-refractivity contribution in [1.29, 1.82) is 0 Å². The molecule has 0 radical (unpaired) electrons. The van der Waals surface area contributed by atoms with E-state index in [-0.39, 0.29) is 25.3 Å². The van der Waals surface area contributed by atoms with Crippen molar-refractivity contribution in [1.82, 2.24) is 15.4 Å². The SMILES string of the molecule is O=C(CC1(c2ccc(-c3ccc(-c4cnco4)cc3)s2)CCN(C(=O)[C@@H](O)c2ccccc2)CCS1(=O)=O)NOC1CCCCO1. The number of oxazole rings is 1. The average molecular weight is 666 g/mol. The number of sulfone groups is 1. The van der Waals surface area contributed by atoms with Crippen LogP contribution >= 0.6 is 11.3 Å². The zero-order chi connectivity index (χ0) is 32.1. The molecular weight excluding hydrogens is 631 g/mol. The highest BCUT2D eigenvalue weighted by Crippen LogP contribution is 2.45. The number of aromatic nitrogens is 1. The van der Waals surface area contributed by atoms with E-state index in [0.717, 1.165) is 28.8 Å². The Balaban J connectivity index is 1.28. The third-order valence-electron chi connectivity index (χ3n) is 8.50. The second kappa shape index (κ2) is 13.9. The first-order valence-corrected chi connectivity index (χ1v) is 17.6. The molecule has 2 saturated heterocycles. The Kier molecular flexibility index (Phi) is 9.66. The van der Waals surface area contributed by atoms with Gasteiger partial charge in [0.15, 0.2) is 34.4 Å². The van der Waals surface area contributed by atoms with E-state index >= 15 is 0 Å². The maximum Gasteiger partial charge on any atom is 0.256 e. The second-order valence-electron chi connectivity index (χ2n) is 11.4. The Morgan fingerprint density at radius 3 is 2.57 bits per heavy atom. The van der Waals surface area contributed by atoms with Crippen molar-refractivity contribution in [3.63, 3.8) is 0 Å². The quantitative estimate of drug-likeness (QED) is 0.245. The van der Waals surface area contributed by atoms with Gasteiger partial charge < -0.3 is 19.2 Å². The van der Waals surface area contributed by atoms with E-state index in [1.807, 2.05) is 30.3 Å². The fraction of sp³-hybridized carbons (Fsp3) is 0.364. The topological polar surface area (TPSA) is 148 Å². The Bertz CT molecular complexity index is 1740. The van der Waals surface area contributed by atoms with E-state index in [1.165, 1.54) is 22.6 Å². The molecule has 0 saturated carbocycles. The summed E-state index contributed by atoms with van der Waals surface area (Å²) in [6, 6.07) is 19.7. The molecule has 6 rings (SSSR count). The fourth-order valence-corrected chi connectivity index (χ4v) is 9.48. The molecule has 4 heterocycles. The summed E-state index contributed by atoms with van der Waals surface area (Å²) in [6.07, 6.45) is 2.94. The molecule has 2 aromatic heterocycles. The first-order chi connectivity index (χ1) is 22.3. The Hall–Kier alpha value is -3.88. The maximum absolute atomic E-state index is 14.2. The molecule has 2 aromatic carbocycles. The van der Waals surface area contributed by atoms with Crippen LogP contribution in [0.15, 0.2) is 83.7 Å². The van der Waals surface area contributed by atoms with Gasteiger partial charge in [0.05, 0.1) is 18.4 Å². The molecule has 11 nitrogen and oxygen atoms in total. The van der Waals surface area contributed by atoms with Crippen LogP contribution < -0.4 is 5.48 Å². The summed E-state index contributed by atoms with van der Waals surface area (Å²) in [5, 5.41) is 10.8. The number of hydrogen-bond donors (Lipinski definition) is 2. The molecule has 2 amide bonds. The summed E-state index contributed by atoms with van der Waals surface area (Å²) >= 11 is 1.29. The van der Waals surface area contributed by atoms with Gasteiger partial charge in [0, 0.05) is 41.4 Å². The van der Waals surface area contributed by atoms with Gasteiger partial charge >= 0.3 is 0 Å². The number of aliphatic hydroxyl groups is 1. The van der Waals surface area contributed by atoms with Crippen molar-refractivity contribution in [3.05, 3.63) is 89.8 Å². The largest absolute Gasteiger partial charge is 0.444 e. The van der Waals surface area contributed by atoms with E-state index in [1.54, 1.807) is 42.6 Å². The zero-order valence-corrected chi connectivity index (χ0v) is 26.7. The number of hydroxylamine groups is 1. The normalized spacial score (nSPS) is 22.1. The minimum absolute atomic E-state index is 0.0287. The van der Waals surface area contributed by atoms with Crippen LogP contribution in [0.4, 0.5) is 0 Å². The lowest BCUT2D eigenvalue weighted by molar-refractivity contribution is -0.200. The highest BCUT2D eigenvalue weighted by atomic mass is 32.2. The number of thiophene rings is 1. The minimum atomic E-state index is -4.01. The third kappa shape index (κ3) is 6.79. The van der Waals surface area contributed by atoms with Crippen molar-refractivity contribution in [2.45, 2.75) is 49.2 Å². The van der Waals surface area contributed by atoms with Crippen LogP contribution in [-0.4, -0.2) is 67.0 Å². The van der Waals surface area contributed by atoms with Crippen LogP contribution in [0.25, 0.3) is 21.8 Å². The molecule has 242 valence electrons. The van der Waals surface area contributed by atoms with Gasteiger partial charge in [-0.15, -0.1) is 11.3 Å². The summed E-state index contributed by atoms with van der Waals surface area (Å²) in [5.41, 5.74) is 4.56. The smallest absolute Gasteiger partial charge is 0.256 e. The average Bonchev–Trinajstić information content (AvgIpc) is 3.79. The van der Waals surface area contributed by atoms with Gasteiger partial charge in [-0.2, -0.15) is 0 Å². The van der Waals surface area contributed by atoms with E-state index in [2.05, 4.69) is 10.5 Å². The Labute approximate surface area is 271 Å². The first-order valence-electron chi connectivity index (χ1n) is 15.2. The van der Waals surface area contributed by atoms with Crippen molar-refractivity contribution in [2.75, 3.05) is 25.4 Å². The van der Waals surface area contributed by atoms with Crippen molar-refractivity contribution >= 4 is 33.0 Å². The predicted molar refractivity (Wildman–Crippen MR) is 171 cm³/mol. The third-order valence-corrected chi connectivity index (χ3v) is 12.4. The molecule has 2 unspecified atom stereocenters. The summed E-state index contributed by atoms with van der Waals surface area (Å²) in [4.78, 5) is 38.9. The number of aliphatic hydroxyl groups excluding tert-OH is 1. The first kappa shape index (κ1) is 32.1. The lowest BCUT2D eigenvalue weighted by Crippen LogP contribution is -2.43. The molecule has 2 N–H and O–H groups in total. The number of ether oxygens (including phenoxy) is 1. The van der Waals surface area contributed by atoms with Gasteiger partial charge in [-0.3, -0.25) is 9.59 Å². The van der Waals surface area contributed by atoms with Crippen LogP contribution in [0.1, 0.15) is 48.6 Å². The van der Waals surface area contributed by atoms with Crippen molar-refractivity contribution in [2.24, 2.45) is 0 Å². The number of nitrogens with one attached hydrogen (secondary N) is 1.